The Hall–Kier alpha value is -1.46. The topological polar surface area (TPSA) is 43.8 Å². The maximum atomic E-state index is 13.2. The summed E-state index contributed by atoms with van der Waals surface area (Å²) in [5.41, 5.74) is 0.464. The standard InChI is InChI=1S/C18H25FN2O2/c1-20-8-3-5-14-12-21(9-7-16(14)20)18(23)11-17(22)13-4-2-6-15(19)10-13/h2,4,6,10,14,16-17,22H,3,5,7-9,11-12H2,1H3. The number of carbonyl (C=O) groups excluding carboxylic acids is 1. The predicted octanol–water partition coefficient (Wildman–Crippen LogP) is 2.19. The van der Waals surface area contributed by atoms with Gasteiger partial charge < -0.3 is 14.9 Å². The van der Waals surface area contributed by atoms with Crippen LogP contribution in [0.2, 0.25) is 0 Å². The third-order valence-corrected chi connectivity index (χ3v) is 5.30. The average molecular weight is 320 g/mol. The number of likely N-dealkylation sites (tertiary alicyclic amines) is 2. The summed E-state index contributed by atoms with van der Waals surface area (Å²) >= 11 is 0. The van der Waals surface area contributed by atoms with Crippen LogP contribution in [0.5, 0.6) is 0 Å². The van der Waals surface area contributed by atoms with Crippen LogP contribution in [0.1, 0.15) is 37.4 Å². The molecule has 0 spiro atoms. The van der Waals surface area contributed by atoms with Crippen molar-refractivity contribution >= 4 is 5.91 Å². The van der Waals surface area contributed by atoms with Gasteiger partial charge in [-0.1, -0.05) is 12.1 Å². The monoisotopic (exact) mass is 320 g/mol. The van der Waals surface area contributed by atoms with E-state index < -0.39 is 6.10 Å². The van der Waals surface area contributed by atoms with Gasteiger partial charge in [0.15, 0.2) is 0 Å². The lowest BCUT2D eigenvalue weighted by molar-refractivity contribution is -0.136. The SMILES string of the molecule is CN1CCCC2CN(C(=O)CC(O)c3cccc(F)c3)CCC21. The molecule has 2 fully saturated rings. The number of hydrogen-bond acceptors (Lipinski definition) is 3. The molecular weight excluding hydrogens is 295 g/mol. The van der Waals surface area contributed by atoms with E-state index in [0.717, 1.165) is 26.1 Å². The van der Waals surface area contributed by atoms with Crippen molar-refractivity contribution in [2.45, 2.75) is 37.8 Å². The van der Waals surface area contributed by atoms with Gasteiger partial charge in [-0.15, -0.1) is 0 Å². The first kappa shape index (κ1) is 16.4. The van der Waals surface area contributed by atoms with Crippen molar-refractivity contribution in [1.29, 1.82) is 0 Å². The summed E-state index contributed by atoms with van der Waals surface area (Å²) in [4.78, 5) is 16.8. The first-order valence-electron chi connectivity index (χ1n) is 8.46. The van der Waals surface area contributed by atoms with E-state index in [4.69, 9.17) is 0 Å². The molecule has 0 saturated carbocycles. The first-order valence-corrected chi connectivity index (χ1v) is 8.46. The maximum absolute atomic E-state index is 13.2. The number of benzene rings is 1. The molecule has 1 amide bonds. The van der Waals surface area contributed by atoms with E-state index in [-0.39, 0.29) is 18.1 Å². The Morgan fingerprint density at radius 2 is 2.22 bits per heavy atom. The van der Waals surface area contributed by atoms with Crippen LogP contribution in [-0.4, -0.2) is 53.5 Å². The van der Waals surface area contributed by atoms with Gasteiger partial charge in [0.05, 0.1) is 12.5 Å². The third kappa shape index (κ3) is 3.72. The molecule has 0 bridgehead atoms. The lowest BCUT2D eigenvalue weighted by Gasteiger charge is -2.46. The highest BCUT2D eigenvalue weighted by Gasteiger charge is 2.35. The van der Waals surface area contributed by atoms with Crippen molar-refractivity contribution in [2.75, 3.05) is 26.7 Å². The molecule has 3 unspecified atom stereocenters. The van der Waals surface area contributed by atoms with Crippen molar-refractivity contribution in [3.8, 4) is 0 Å². The number of hydrogen-bond donors (Lipinski definition) is 1. The van der Waals surface area contributed by atoms with Crippen molar-refractivity contribution in [2.24, 2.45) is 5.92 Å². The van der Waals surface area contributed by atoms with Gasteiger partial charge in [0.1, 0.15) is 5.82 Å². The summed E-state index contributed by atoms with van der Waals surface area (Å²) in [6.45, 7) is 2.68. The number of fused-ring (bicyclic) bond motifs is 1. The lowest BCUT2D eigenvalue weighted by Crippen LogP contribution is -2.54. The van der Waals surface area contributed by atoms with Gasteiger partial charge in [0.25, 0.3) is 0 Å². The van der Waals surface area contributed by atoms with Gasteiger partial charge in [-0.2, -0.15) is 0 Å². The molecule has 0 aromatic heterocycles. The Morgan fingerprint density at radius 3 is 3.00 bits per heavy atom. The number of nitrogens with zero attached hydrogens (tertiary/aromatic N) is 2. The summed E-state index contributed by atoms with van der Waals surface area (Å²) in [5.74, 6) is 0.117. The largest absolute Gasteiger partial charge is 0.388 e. The highest BCUT2D eigenvalue weighted by molar-refractivity contribution is 5.77. The molecule has 3 rings (SSSR count). The van der Waals surface area contributed by atoms with Gasteiger partial charge in [0.2, 0.25) is 5.91 Å². The number of carbonyl (C=O) groups is 1. The second kappa shape index (κ2) is 6.97. The molecule has 1 N–H and O–H groups in total. The van der Waals surface area contributed by atoms with Crippen molar-refractivity contribution < 1.29 is 14.3 Å². The van der Waals surface area contributed by atoms with Crippen LogP contribution < -0.4 is 0 Å². The van der Waals surface area contributed by atoms with Crippen LogP contribution in [0.15, 0.2) is 24.3 Å². The minimum atomic E-state index is -0.940. The summed E-state index contributed by atoms with van der Waals surface area (Å²) in [6.07, 6.45) is 2.45. The molecule has 2 saturated heterocycles. The smallest absolute Gasteiger partial charge is 0.225 e. The minimum absolute atomic E-state index is 0.0245. The van der Waals surface area contributed by atoms with Gasteiger partial charge in [-0.05, 0) is 56.5 Å². The van der Waals surface area contributed by atoms with E-state index in [1.807, 2.05) is 4.90 Å². The van der Waals surface area contributed by atoms with Gasteiger partial charge in [-0.3, -0.25) is 4.79 Å². The number of amides is 1. The first-order chi connectivity index (χ1) is 11.0. The van der Waals surface area contributed by atoms with E-state index in [0.29, 0.717) is 17.5 Å². The van der Waals surface area contributed by atoms with Crippen LogP contribution in [0.4, 0.5) is 4.39 Å². The average Bonchev–Trinajstić information content (AvgIpc) is 2.54. The Labute approximate surface area is 136 Å². The highest BCUT2D eigenvalue weighted by atomic mass is 19.1. The number of rotatable bonds is 3. The zero-order valence-electron chi connectivity index (χ0n) is 13.6. The van der Waals surface area contributed by atoms with Gasteiger partial charge in [-0.25, -0.2) is 4.39 Å². The molecule has 2 heterocycles. The second-order valence-corrected chi connectivity index (χ2v) is 6.85. The summed E-state index contributed by atoms with van der Waals surface area (Å²) in [6, 6.07) is 6.43. The van der Waals surface area contributed by atoms with Crippen LogP contribution in [0.3, 0.4) is 0 Å². The third-order valence-electron chi connectivity index (χ3n) is 5.30. The Bertz CT molecular complexity index is 566. The number of aliphatic hydroxyl groups is 1. The summed E-state index contributed by atoms with van der Waals surface area (Å²) in [5, 5.41) is 10.2. The molecule has 5 heteroatoms. The molecule has 23 heavy (non-hydrogen) atoms. The van der Waals surface area contributed by atoms with Gasteiger partial charge >= 0.3 is 0 Å². The Balaban J connectivity index is 1.58. The molecule has 2 aliphatic heterocycles. The molecule has 1 aromatic rings. The zero-order valence-corrected chi connectivity index (χ0v) is 13.6. The van der Waals surface area contributed by atoms with Crippen molar-refractivity contribution in [3.63, 3.8) is 0 Å². The fourth-order valence-electron chi connectivity index (χ4n) is 4.01. The minimum Gasteiger partial charge on any atom is -0.388 e. The molecule has 2 aliphatic rings. The Kier molecular flexibility index (Phi) is 4.97. The lowest BCUT2D eigenvalue weighted by atomic mass is 9.84. The van der Waals surface area contributed by atoms with Crippen LogP contribution in [-0.2, 0) is 4.79 Å². The predicted molar refractivity (Wildman–Crippen MR) is 86.3 cm³/mol. The van der Waals surface area contributed by atoms with E-state index in [9.17, 15) is 14.3 Å². The summed E-state index contributed by atoms with van der Waals surface area (Å²) < 4.78 is 13.2. The summed E-state index contributed by atoms with van der Waals surface area (Å²) in [7, 11) is 2.17. The van der Waals surface area contributed by atoms with E-state index in [1.165, 1.54) is 25.0 Å². The van der Waals surface area contributed by atoms with Gasteiger partial charge in [0, 0.05) is 19.1 Å². The van der Waals surface area contributed by atoms with Crippen LogP contribution >= 0.6 is 0 Å². The van der Waals surface area contributed by atoms with E-state index in [1.54, 1.807) is 12.1 Å². The quantitative estimate of drug-likeness (QED) is 0.928. The highest BCUT2D eigenvalue weighted by Crippen LogP contribution is 2.30. The molecule has 3 atom stereocenters. The molecule has 0 radical (unpaired) electrons. The van der Waals surface area contributed by atoms with E-state index >= 15 is 0 Å². The fraction of sp³-hybridized carbons (Fsp3) is 0.611. The van der Waals surface area contributed by atoms with Crippen molar-refractivity contribution in [1.82, 2.24) is 9.80 Å². The van der Waals surface area contributed by atoms with Crippen LogP contribution in [0.25, 0.3) is 0 Å². The molecule has 4 nitrogen and oxygen atoms in total. The van der Waals surface area contributed by atoms with Crippen LogP contribution in [0, 0.1) is 11.7 Å². The molecule has 0 aliphatic carbocycles. The number of aliphatic hydroxyl groups excluding tert-OH is 1. The fourth-order valence-corrected chi connectivity index (χ4v) is 4.01. The molecular formula is C18H25FN2O2. The number of piperidine rings is 2. The zero-order chi connectivity index (χ0) is 16.4. The second-order valence-electron chi connectivity index (χ2n) is 6.85. The molecule has 126 valence electrons. The normalized spacial score (nSPS) is 26.7. The van der Waals surface area contributed by atoms with E-state index in [2.05, 4.69) is 11.9 Å². The Morgan fingerprint density at radius 1 is 1.39 bits per heavy atom. The maximum Gasteiger partial charge on any atom is 0.225 e. The number of halogens is 1. The molecule has 1 aromatic carbocycles. The van der Waals surface area contributed by atoms with Crippen molar-refractivity contribution in [3.05, 3.63) is 35.6 Å².